The molecule has 192 valence electrons. The molecule has 0 aliphatic carbocycles. The third kappa shape index (κ3) is 5.02. The zero-order valence-electron chi connectivity index (χ0n) is 21.0. The van der Waals surface area contributed by atoms with Gasteiger partial charge in [0.1, 0.15) is 0 Å². The molecule has 1 aliphatic rings. The fourth-order valence-electron chi connectivity index (χ4n) is 4.55. The molecule has 36 heavy (non-hydrogen) atoms. The van der Waals surface area contributed by atoms with E-state index < -0.39 is 15.8 Å². The summed E-state index contributed by atoms with van der Waals surface area (Å²) in [6.45, 7) is 8.09. The number of anilines is 1. The molecule has 1 aliphatic heterocycles. The van der Waals surface area contributed by atoms with Crippen molar-refractivity contribution in [1.29, 1.82) is 0 Å². The first-order valence-corrected chi connectivity index (χ1v) is 14.0. The number of aromatic nitrogens is 1. The molecule has 7 nitrogen and oxygen atoms in total. The van der Waals surface area contributed by atoms with Gasteiger partial charge in [-0.15, -0.1) is 11.3 Å². The summed E-state index contributed by atoms with van der Waals surface area (Å²) >= 11 is 1.26. The van der Waals surface area contributed by atoms with E-state index in [2.05, 4.69) is 10.3 Å². The topological polar surface area (TPSA) is 88.6 Å². The third-order valence-corrected chi connectivity index (χ3v) is 9.83. The van der Waals surface area contributed by atoms with Crippen molar-refractivity contribution in [2.24, 2.45) is 5.92 Å². The number of nitrogens with one attached hydrogen (secondary N) is 1. The van der Waals surface area contributed by atoms with Crippen LogP contribution in [0.1, 0.15) is 35.1 Å². The summed E-state index contributed by atoms with van der Waals surface area (Å²) in [5, 5.41) is 5.01. The Labute approximate surface area is 215 Å². The molecule has 0 spiro atoms. The lowest BCUT2D eigenvalue weighted by Gasteiger charge is -2.31. The predicted octanol–water partition coefficient (Wildman–Crippen LogP) is 5.23. The van der Waals surface area contributed by atoms with E-state index in [4.69, 9.17) is 4.74 Å². The van der Waals surface area contributed by atoms with Crippen LogP contribution in [0.5, 0.6) is 5.75 Å². The number of hydrogen-bond donors (Lipinski definition) is 1. The highest BCUT2D eigenvalue weighted by Crippen LogP contribution is 2.32. The van der Waals surface area contributed by atoms with Crippen molar-refractivity contribution in [3.05, 3.63) is 57.7 Å². The van der Waals surface area contributed by atoms with Gasteiger partial charge in [-0.3, -0.25) is 4.79 Å². The average Bonchev–Trinajstić information content (AvgIpc) is 3.31. The molecular weight excluding hydrogens is 501 g/mol. The molecule has 1 N–H and O–H groups in total. The lowest BCUT2D eigenvalue weighted by Crippen LogP contribution is -2.41. The summed E-state index contributed by atoms with van der Waals surface area (Å²) in [7, 11) is -2.26. The van der Waals surface area contributed by atoms with E-state index in [1.807, 2.05) is 33.8 Å². The second-order valence-corrected chi connectivity index (χ2v) is 11.9. The minimum Gasteiger partial charge on any atom is -0.494 e. The summed E-state index contributed by atoms with van der Waals surface area (Å²) in [6, 6.07) is 6.59. The Balaban J connectivity index is 1.41. The summed E-state index contributed by atoms with van der Waals surface area (Å²) < 4.78 is 47.4. The normalized spacial score (nSPS) is 15.2. The molecule has 0 bridgehead atoms. The standard InChI is InChI=1S/C26H30FN3O4S2/c1-15-12-16(2)18(4)24(17(15)3)36(32,33)30-10-8-19(9-11-30)25(31)29-26-28-22(14-35-26)20-6-7-23(34-5)21(27)13-20/h6-7,12-14,19H,8-11H2,1-5H3,(H,28,29,31). The molecular formula is C26H30FN3O4S2. The van der Waals surface area contributed by atoms with Gasteiger partial charge >= 0.3 is 0 Å². The van der Waals surface area contributed by atoms with Crippen LogP contribution in [0.3, 0.4) is 0 Å². The number of nitrogens with zero attached hydrogens (tertiary/aromatic N) is 2. The number of carbonyl (C=O) groups excluding carboxylic acids is 1. The summed E-state index contributed by atoms with van der Waals surface area (Å²) in [4.78, 5) is 17.7. The van der Waals surface area contributed by atoms with Crippen molar-refractivity contribution in [3.63, 3.8) is 0 Å². The van der Waals surface area contributed by atoms with Crippen LogP contribution < -0.4 is 10.1 Å². The molecule has 0 radical (unpaired) electrons. The zero-order valence-corrected chi connectivity index (χ0v) is 22.6. The first-order valence-electron chi connectivity index (χ1n) is 11.7. The van der Waals surface area contributed by atoms with Crippen molar-refractivity contribution in [2.75, 3.05) is 25.5 Å². The Kier molecular flexibility index (Phi) is 7.49. The Morgan fingerprint density at radius 3 is 2.33 bits per heavy atom. The SMILES string of the molecule is COc1ccc(-c2csc(NC(=O)C3CCN(S(=O)(=O)c4c(C)c(C)cc(C)c4C)CC3)n2)cc1F. The molecule has 1 amide bonds. The fourth-order valence-corrected chi connectivity index (χ4v) is 7.32. The highest BCUT2D eigenvalue weighted by molar-refractivity contribution is 7.89. The van der Waals surface area contributed by atoms with Crippen LogP contribution in [0.15, 0.2) is 34.5 Å². The van der Waals surface area contributed by atoms with Gasteiger partial charge in [-0.05, 0) is 81.0 Å². The molecule has 2 heterocycles. The number of benzene rings is 2. The molecule has 3 aromatic rings. The number of ether oxygens (including phenoxy) is 1. The van der Waals surface area contributed by atoms with Gasteiger partial charge in [0, 0.05) is 30.0 Å². The second-order valence-electron chi connectivity index (χ2n) is 9.14. The van der Waals surface area contributed by atoms with Crippen molar-refractivity contribution < 1.29 is 22.3 Å². The number of halogens is 1. The average molecular weight is 532 g/mol. The number of rotatable bonds is 6. The number of thiazole rings is 1. The molecule has 0 atom stereocenters. The van der Waals surface area contributed by atoms with Crippen LogP contribution in [-0.2, 0) is 14.8 Å². The van der Waals surface area contributed by atoms with Crippen molar-refractivity contribution in [1.82, 2.24) is 9.29 Å². The van der Waals surface area contributed by atoms with Crippen molar-refractivity contribution in [2.45, 2.75) is 45.4 Å². The van der Waals surface area contributed by atoms with Gasteiger partial charge in [0.2, 0.25) is 15.9 Å². The minimum atomic E-state index is -3.66. The number of methoxy groups -OCH3 is 1. The van der Waals surface area contributed by atoms with E-state index in [-0.39, 0.29) is 30.7 Å². The molecule has 0 saturated carbocycles. The molecule has 2 aromatic carbocycles. The molecule has 0 unspecified atom stereocenters. The Morgan fingerprint density at radius 2 is 1.75 bits per heavy atom. The summed E-state index contributed by atoms with van der Waals surface area (Å²) in [5.41, 5.74) is 4.58. The van der Waals surface area contributed by atoms with E-state index in [0.29, 0.717) is 34.1 Å². The predicted molar refractivity (Wildman–Crippen MR) is 140 cm³/mol. The van der Waals surface area contributed by atoms with Crippen molar-refractivity contribution >= 4 is 32.4 Å². The summed E-state index contributed by atoms with van der Waals surface area (Å²) in [5.74, 6) is -0.837. The lowest BCUT2D eigenvalue weighted by atomic mass is 9.97. The van der Waals surface area contributed by atoms with Crippen molar-refractivity contribution in [3.8, 4) is 17.0 Å². The Morgan fingerprint density at radius 1 is 1.11 bits per heavy atom. The highest BCUT2D eigenvalue weighted by Gasteiger charge is 2.34. The Hall–Kier alpha value is -2.82. The van der Waals surface area contributed by atoms with E-state index >= 15 is 0 Å². The smallest absolute Gasteiger partial charge is 0.243 e. The van der Waals surface area contributed by atoms with Crippen LogP contribution in [0.4, 0.5) is 9.52 Å². The van der Waals surface area contributed by atoms with E-state index in [1.54, 1.807) is 11.4 Å². The molecule has 1 saturated heterocycles. The minimum absolute atomic E-state index is 0.152. The number of sulfonamides is 1. The number of hydrogen-bond acceptors (Lipinski definition) is 6. The van der Waals surface area contributed by atoms with Crippen LogP contribution in [0.25, 0.3) is 11.3 Å². The van der Waals surface area contributed by atoms with Gasteiger partial charge < -0.3 is 10.1 Å². The number of aryl methyl sites for hydroxylation is 2. The van der Waals surface area contributed by atoms with Crippen LogP contribution >= 0.6 is 11.3 Å². The molecule has 1 aromatic heterocycles. The van der Waals surface area contributed by atoms with Gasteiger partial charge in [0.15, 0.2) is 16.7 Å². The van der Waals surface area contributed by atoms with Gasteiger partial charge in [-0.25, -0.2) is 17.8 Å². The third-order valence-electron chi connectivity index (χ3n) is 6.90. The lowest BCUT2D eigenvalue weighted by molar-refractivity contribution is -0.120. The van der Waals surface area contributed by atoms with Gasteiger partial charge in [-0.2, -0.15) is 4.31 Å². The van der Waals surface area contributed by atoms with Crippen LogP contribution in [0, 0.1) is 39.4 Å². The highest BCUT2D eigenvalue weighted by atomic mass is 32.2. The number of carbonyl (C=O) groups is 1. The monoisotopic (exact) mass is 531 g/mol. The maximum absolute atomic E-state index is 14.0. The molecule has 10 heteroatoms. The maximum Gasteiger partial charge on any atom is 0.243 e. The van der Waals surface area contributed by atoms with Crippen LogP contribution in [0.2, 0.25) is 0 Å². The van der Waals surface area contributed by atoms with Gasteiger partial charge in [0.25, 0.3) is 0 Å². The quantitative estimate of drug-likeness (QED) is 0.471. The maximum atomic E-state index is 14.0. The molecule has 4 rings (SSSR count). The molecule has 1 fully saturated rings. The zero-order chi connectivity index (χ0) is 26.2. The van der Waals surface area contributed by atoms with E-state index in [9.17, 15) is 17.6 Å². The fraction of sp³-hybridized carbons (Fsp3) is 0.385. The number of piperidine rings is 1. The van der Waals surface area contributed by atoms with E-state index in [0.717, 1.165) is 22.3 Å². The van der Waals surface area contributed by atoms with E-state index in [1.165, 1.54) is 34.9 Å². The Bertz CT molecular complexity index is 1380. The first kappa shape index (κ1) is 26.2. The van der Waals surface area contributed by atoms with Crippen LogP contribution in [-0.4, -0.2) is 43.8 Å². The van der Waals surface area contributed by atoms with Gasteiger partial charge in [0.05, 0.1) is 17.7 Å². The largest absolute Gasteiger partial charge is 0.494 e. The van der Waals surface area contributed by atoms with Gasteiger partial charge in [-0.1, -0.05) is 6.07 Å². The summed E-state index contributed by atoms with van der Waals surface area (Å²) in [6.07, 6.45) is 0.853. The first-order chi connectivity index (χ1) is 17.0. The second kappa shape index (κ2) is 10.3. The number of amides is 1.